The average Bonchev–Trinajstić information content (AvgIpc) is 2.69. The van der Waals surface area contributed by atoms with Gasteiger partial charge in [-0.25, -0.2) is 0 Å². The molecule has 1 amide bonds. The highest BCUT2D eigenvalue weighted by Gasteiger charge is 2.32. The third-order valence-corrected chi connectivity index (χ3v) is 2.42. The maximum absolute atomic E-state index is 11.1. The Morgan fingerprint density at radius 1 is 1.57 bits per heavy atom. The first-order chi connectivity index (χ1) is 6.77. The van der Waals surface area contributed by atoms with Crippen LogP contribution in [0.3, 0.4) is 0 Å². The Morgan fingerprint density at radius 2 is 2.43 bits per heavy atom. The summed E-state index contributed by atoms with van der Waals surface area (Å²) >= 11 is 0. The van der Waals surface area contributed by atoms with Crippen molar-refractivity contribution in [2.24, 2.45) is 5.73 Å². The van der Waals surface area contributed by atoms with E-state index in [4.69, 9.17) is 5.73 Å². The number of hydrogen-bond acceptors (Lipinski definition) is 3. The number of aryl methyl sites for hydroxylation is 1. The van der Waals surface area contributed by atoms with E-state index in [9.17, 15) is 4.79 Å². The fourth-order valence-electron chi connectivity index (χ4n) is 1.59. The van der Waals surface area contributed by atoms with Gasteiger partial charge in [-0.3, -0.25) is 9.48 Å². The van der Waals surface area contributed by atoms with Crippen molar-refractivity contribution in [3.05, 3.63) is 18.5 Å². The molecule has 0 saturated carbocycles. The fourth-order valence-corrected chi connectivity index (χ4v) is 1.59. The number of nitrogens with two attached hydrogens (primary N) is 1. The Hall–Kier alpha value is -1.36. The predicted octanol–water partition coefficient (Wildman–Crippen LogP) is -0.557. The van der Waals surface area contributed by atoms with Crippen molar-refractivity contribution in [1.82, 2.24) is 14.7 Å². The van der Waals surface area contributed by atoms with Crippen LogP contribution in [0.1, 0.15) is 6.42 Å². The van der Waals surface area contributed by atoms with Crippen LogP contribution in [-0.2, 0) is 11.3 Å². The van der Waals surface area contributed by atoms with E-state index in [1.807, 2.05) is 16.9 Å². The van der Waals surface area contributed by atoms with Crippen LogP contribution in [0.15, 0.2) is 18.5 Å². The highest BCUT2D eigenvalue weighted by molar-refractivity contribution is 5.87. The van der Waals surface area contributed by atoms with E-state index in [2.05, 4.69) is 5.10 Å². The summed E-state index contributed by atoms with van der Waals surface area (Å²) in [6.07, 6.45) is 4.61. The van der Waals surface area contributed by atoms with Crippen molar-refractivity contribution in [3.8, 4) is 0 Å². The van der Waals surface area contributed by atoms with Gasteiger partial charge < -0.3 is 10.6 Å². The summed E-state index contributed by atoms with van der Waals surface area (Å²) < 4.78 is 1.87. The van der Waals surface area contributed by atoms with E-state index in [1.165, 1.54) is 0 Å². The lowest BCUT2D eigenvalue weighted by Gasteiger charge is -2.36. The van der Waals surface area contributed by atoms with Gasteiger partial charge in [-0.2, -0.15) is 5.10 Å². The van der Waals surface area contributed by atoms with Gasteiger partial charge in [-0.15, -0.1) is 0 Å². The van der Waals surface area contributed by atoms with Gasteiger partial charge in [0.2, 0.25) is 5.91 Å². The van der Waals surface area contributed by atoms with Crippen LogP contribution in [0.5, 0.6) is 0 Å². The molecule has 0 aromatic carbocycles. The van der Waals surface area contributed by atoms with Gasteiger partial charge in [0.1, 0.15) is 6.04 Å². The van der Waals surface area contributed by atoms with Gasteiger partial charge in [0.15, 0.2) is 0 Å². The summed E-state index contributed by atoms with van der Waals surface area (Å²) in [6.45, 7) is 2.34. The van der Waals surface area contributed by atoms with Gasteiger partial charge in [0.25, 0.3) is 0 Å². The lowest BCUT2D eigenvalue weighted by Crippen LogP contribution is -2.60. The van der Waals surface area contributed by atoms with Crippen LogP contribution in [0.2, 0.25) is 0 Å². The summed E-state index contributed by atoms with van der Waals surface area (Å²) in [7, 11) is 0. The zero-order valence-electron chi connectivity index (χ0n) is 7.97. The van der Waals surface area contributed by atoms with E-state index >= 15 is 0 Å². The molecule has 1 aliphatic heterocycles. The van der Waals surface area contributed by atoms with Crippen LogP contribution >= 0.6 is 0 Å². The molecule has 1 saturated heterocycles. The van der Waals surface area contributed by atoms with Gasteiger partial charge in [-0.1, -0.05) is 0 Å². The van der Waals surface area contributed by atoms with Crippen LogP contribution in [0.25, 0.3) is 0 Å². The van der Waals surface area contributed by atoms with Gasteiger partial charge in [0, 0.05) is 32.0 Å². The second-order valence-corrected chi connectivity index (χ2v) is 3.51. The topological polar surface area (TPSA) is 64.2 Å². The van der Waals surface area contributed by atoms with Crippen LogP contribution in [-0.4, -0.2) is 39.7 Å². The number of likely N-dealkylation sites (tertiary alicyclic amines) is 1. The van der Waals surface area contributed by atoms with E-state index in [0.717, 1.165) is 19.5 Å². The zero-order chi connectivity index (χ0) is 9.97. The van der Waals surface area contributed by atoms with Crippen LogP contribution < -0.4 is 5.73 Å². The van der Waals surface area contributed by atoms with Crippen molar-refractivity contribution in [1.29, 1.82) is 0 Å². The lowest BCUT2D eigenvalue weighted by atomic mass is 10.1. The van der Waals surface area contributed by atoms with Gasteiger partial charge in [0.05, 0.1) is 0 Å². The van der Waals surface area contributed by atoms with E-state index < -0.39 is 0 Å². The van der Waals surface area contributed by atoms with Gasteiger partial charge in [-0.05, 0) is 12.5 Å². The number of amides is 1. The van der Waals surface area contributed by atoms with Crippen molar-refractivity contribution in [2.75, 3.05) is 13.1 Å². The van der Waals surface area contributed by atoms with Crippen molar-refractivity contribution in [3.63, 3.8) is 0 Å². The number of β-lactam (4-membered cyclic amide) rings is 1. The molecule has 76 valence electrons. The summed E-state index contributed by atoms with van der Waals surface area (Å²) in [5.74, 6) is 0.0745. The van der Waals surface area contributed by atoms with Crippen molar-refractivity contribution in [2.45, 2.75) is 19.0 Å². The molecule has 0 aliphatic carbocycles. The molecule has 5 heteroatoms. The molecular formula is C9H14N4O. The number of hydrogen-bond donors (Lipinski definition) is 1. The number of aromatic nitrogens is 2. The summed E-state index contributed by atoms with van der Waals surface area (Å²) in [5.41, 5.74) is 5.47. The SMILES string of the molecule is NC1CN(CCCn2cccn2)C1=O. The predicted molar refractivity (Wildman–Crippen MR) is 51.4 cm³/mol. The minimum atomic E-state index is -0.250. The normalized spacial score (nSPS) is 21.1. The Bertz CT molecular complexity index is 309. The van der Waals surface area contributed by atoms with E-state index in [-0.39, 0.29) is 11.9 Å². The second kappa shape index (κ2) is 3.79. The first-order valence-corrected chi connectivity index (χ1v) is 4.79. The maximum Gasteiger partial charge on any atom is 0.241 e. The largest absolute Gasteiger partial charge is 0.339 e. The molecule has 1 aliphatic rings. The molecule has 0 spiro atoms. The standard InChI is InChI=1S/C9H14N4O/c10-8-7-12(9(8)14)4-2-6-13-5-1-3-11-13/h1,3,5,8H,2,4,6-7,10H2. The van der Waals surface area contributed by atoms with Crippen molar-refractivity contribution < 1.29 is 4.79 Å². The zero-order valence-corrected chi connectivity index (χ0v) is 7.97. The number of carbonyl (C=O) groups is 1. The number of carbonyl (C=O) groups excluding carboxylic acids is 1. The van der Waals surface area contributed by atoms with Crippen molar-refractivity contribution >= 4 is 5.91 Å². The molecule has 1 atom stereocenters. The Labute approximate surface area is 82.5 Å². The molecular weight excluding hydrogens is 180 g/mol. The van der Waals surface area contributed by atoms with Crippen LogP contribution in [0.4, 0.5) is 0 Å². The molecule has 2 rings (SSSR count). The quantitative estimate of drug-likeness (QED) is 0.654. The lowest BCUT2D eigenvalue weighted by molar-refractivity contribution is -0.142. The third-order valence-electron chi connectivity index (χ3n) is 2.42. The first kappa shape index (κ1) is 9.21. The number of nitrogens with zero attached hydrogens (tertiary/aromatic N) is 3. The Balaban J connectivity index is 1.67. The molecule has 2 heterocycles. The minimum Gasteiger partial charge on any atom is -0.339 e. The van der Waals surface area contributed by atoms with Crippen LogP contribution in [0, 0.1) is 0 Å². The summed E-state index contributed by atoms with van der Waals surface area (Å²) in [5, 5.41) is 4.08. The highest BCUT2D eigenvalue weighted by atomic mass is 16.2. The second-order valence-electron chi connectivity index (χ2n) is 3.51. The molecule has 1 unspecified atom stereocenters. The number of rotatable bonds is 4. The molecule has 1 aromatic rings. The molecule has 0 radical (unpaired) electrons. The molecule has 0 bridgehead atoms. The highest BCUT2D eigenvalue weighted by Crippen LogP contribution is 2.08. The summed E-state index contributed by atoms with van der Waals surface area (Å²) in [6, 6.07) is 1.64. The average molecular weight is 194 g/mol. The van der Waals surface area contributed by atoms with E-state index in [0.29, 0.717) is 6.54 Å². The molecule has 2 N–H and O–H groups in total. The fraction of sp³-hybridized carbons (Fsp3) is 0.556. The molecule has 5 nitrogen and oxygen atoms in total. The molecule has 1 aromatic heterocycles. The third kappa shape index (κ3) is 1.77. The minimum absolute atomic E-state index is 0.0745. The molecule has 14 heavy (non-hydrogen) atoms. The monoisotopic (exact) mass is 194 g/mol. The van der Waals surface area contributed by atoms with Gasteiger partial charge >= 0.3 is 0 Å². The van der Waals surface area contributed by atoms with E-state index in [1.54, 1.807) is 11.1 Å². The Kier molecular flexibility index (Phi) is 2.49. The maximum atomic E-state index is 11.1. The Morgan fingerprint density at radius 3 is 3.00 bits per heavy atom. The smallest absolute Gasteiger partial charge is 0.241 e. The first-order valence-electron chi connectivity index (χ1n) is 4.79. The molecule has 1 fully saturated rings. The summed E-state index contributed by atoms with van der Waals surface area (Å²) in [4.78, 5) is 12.9.